The van der Waals surface area contributed by atoms with Crippen molar-refractivity contribution < 1.29 is 19.1 Å². The molecule has 2 aromatic carbocycles. The highest BCUT2D eigenvalue weighted by Crippen LogP contribution is 2.16. The van der Waals surface area contributed by atoms with Gasteiger partial charge in [0.25, 0.3) is 5.91 Å². The highest BCUT2D eigenvalue weighted by atomic mass is 79.9. The first-order chi connectivity index (χ1) is 11.4. The zero-order chi connectivity index (χ0) is 17.5. The Bertz CT molecular complexity index is 728. The molecule has 0 heterocycles. The Hall–Kier alpha value is -2.34. The standard InChI is InChI=1S/C18H18BrNO4/c1-12-3-8-16(9-13(12)2)23-11-18(22)24-10-17(21)20-15-6-4-14(19)5-7-15/h3-9H,10-11H2,1-2H3,(H,20,21). The second kappa shape index (κ2) is 8.49. The number of hydrogen-bond acceptors (Lipinski definition) is 4. The molecule has 1 N–H and O–H groups in total. The molecule has 6 heteroatoms. The number of anilines is 1. The molecule has 24 heavy (non-hydrogen) atoms. The molecule has 0 saturated carbocycles. The quantitative estimate of drug-likeness (QED) is 0.763. The van der Waals surface area contributed by atoms with Crippen LogP contribution in [-0.2, 0) is 14.3 Å². The molecule has 0 saturated heterocycles. The zero-order valence-electron chi connectivity index (χ0n) is 13.5. The van der Waals surface area contributed by atoms with Crippen LogP contribution in [-0.4, -0.2) is 25.1 Å². The molecule has 2 rings (SSSR count). The first-order valence-corrected chi connectivity index (χ1v) is 8.14. The smallest absolute Gasteiger partial charge is 0.344 e. The van der Waals surface area contributed by atoms with Crippen molar-refractivity contribution in [3.05, 3.63) is 58.1 Å². The minimum absolute atomic E-state index is 0.242. The van der Waals surface area contributed by atoms with Crippen LogP contribution in [0.1, 0.15) is 11.1 Å². The maximum absolute atomic E-state index is 11.7. The van der Waals surface area contributed by atoms with E-state index in [2.05, 4.69) is 21.2 Å². The number of amides is 1. The Morgan fingerprint density at radius 2 is 1.71 bits per heavy atom. The third kappa shape index (κ3) is 5.70. The molecule has 0 spiro atoms. The zero-order valence-corrected chi connectivity index (χ0v) is 15.1. The van der Waals surface area contributed by atoms with Crippen LogP contribution in [0.15, 0.2) is 46.9 Å². The molecule has 126 valence electrons. The molecule has 0 aliphatic rings. The van der Waals surface area contributed by atoms with E-state index >= 15 is 0 Å². The normalized spacial score (nSPS) is 10.1. The number of aryl methyl sites for hydroxylation is 2. The minimum atomic E-state index is -0.598. The molecule has 0 aliphatic carbocycles. The van der Waals surface area contributed by atoms with Crippen LogP contribution >= 0.6 is 15.9 Å². The fraction of sp³-hybridized carbons (Fsp3) is 0.222. The van der Waals surface area contributed by atoms with E-state index in [-0.39, 0.29) is 13.2 Å². The lowest BCUT2D eigenvalue weighted by molar-refractivity contribution is -0.149. The molecule has 1 amide bonds. The Balaban J connectivity index is 1.73. The summed E-state index contributed by atoms with van der Waals surface area (Å²) >= 11 is 3.31. The summed E-state index contributed by atoms with van der Waals surface area (Å²) in [4.78, 5) is 23.4. The maximum Gasteiger partial charge on any atom is 0.344 e. The fourth-order valence-electron chi connectivity index (χ4n) is 1.86. The van der Waals surface area contributed by atoms with Gasteiger partial charge in [-0.25, -0.2) is 4.79 Å². The van der Waals surface area contributed by atoms with Crippen molar-refractivity contribution in [3.63, 3.8) is 0 Å². The van der Waals surface area contributed by atoms with Crippen LogP contribution in [0, 0.1) is 13.8 Å². The summed E-state index contributed by atoms with van der Waals surface area (Å²) in [5.74, 6) is -0.412. The number of halogens is 1. The van der Waals surface area contributed by atoms with Gasteiger partial charge >= 0.3 is 5.97 Å². The van der Waals surface area contributed by atoms with E-state index < -0.39 is 11.9 Å². The predicted molar refractivity (Wildman–Crippen MR) is 95.1 cm³/mol. The van der Waals surface area contributed by atoms with Gasteiger partial charge in [-0.2, -0.15) is 0 Å². The summed E-state index contributed by atoms with van der Waals surface area (Å²) in [7, 11) is 0. The molecule has 0 unspecified atom stereocenters. The van der Waals surface area contributed by atoms with Crippen LogP contribution < -0.4 is 10.1 Å². The predicted octanol–water partition coefficient (Wildman–Crippen LogP) is 3.63. The van der Waals surface area contributed by atoms with Gasteiger partial charge < -0.3 is 14.8 Å². The van der Waals surface area contributed by atoms with Gasteiger partial charge in [-0.05, 0) is 61.4 Å². The monoisotopic (exact) mass is 391 g/mol. The lowest BCUT2D eigenvalue weighted by Gasteiger charge is -2.09. The van der Waals surface area contributed by atoms with Crippen molar-refractivity contribution in [1.82, 2.24) is 0 Å². The lowest BCUT2D eigenvalue weighted by atomic mass is 10.1. The van der Waals surface area contributed by atoms with Crippen molar-refractivity contribution in [2.24, 2.45) is 0 Å². The SMILES string of the molecule is Cc1ccc(OCC(=O)OCC(=O)Nc2ccc(Br)cc2)cc1C. The van der Waals surface area contributed by atoms with Crippen LogP contribution in [0.3, 0.4) is 0 Å². The van der Waals surface area contributed by atoms with E-state index in [0.717, 1.165) is 15.6 Å². The first kappa shape index (κ1) is 18.0. The third-order valence-electron chi connectivity index (χ3n) is 3.33. The Labute approximate surface area is 149 Å². The average molecular weight is 392 g/mol. The van der Waals surface area contributed by atoms with Gasteiger partial charge in [0, 0.05) is 10.2 Å². The van der Waals surface area contributed by atoms with E-state index in [9.17, 15) is 9.59 Å². The second-order valence-electron chi connectivity index (χ2n) is 5.25. The Morgan fingerprint density at radius 3 is 2.38 bits per heavy atom. The summed E-state index contributed by atoms with van der Waals surface area (Å²) in [6.45, 7) is 3.36. The van der Waals surface area contributed by atoms with E-state index in [0.29, 0.717) is 11.4 Å². The van der Waals surface area contributed by atoms with Gasteiger partial charge in [-0.15, -0.1) is 0 Å². The van der Waals surface area contributed by atoms with Gasteiger partial charge in [-0.1, -0.05) is 22.0 Å². The van der Waals surface area contributed by atoms with E-state index in [1.54, 1.807) is 30.3 Å². The topological polar surface area (TPSA) is 64.6 Å². The Morgan fingerprint density at radius 1 is 1.00 bits per heavy atom. The third-order valence-corrected chi connectivity index (χ3v) is 3.86. The molecule has 0 aromatic heterocycles. The maximum atomic E-state index is 11.7. The minimum Gasteiger partial charge on any atom is -0.482 e. The van der Waals surface area contributed by atoms with Crippen molar-refractivity contribution in [3.8, 4) is 5.75 Å². The first-order valence-electron chi connectivity index (χ1n) is 7.35. The molecule has 5 nitrogen and oxygen atoms in total. The number of benzene rings is 2. The molecular weight excluding hydrogens is 374 g/mol. The van der Waals surface area contributed by atoms with Gasteiger partial charge in [0.05, 0.1) is 0 Å². The molecule has 2 aromatic rings. The fourth-order valence-corrected chi connectivity index (χ4v) is 2.13. The highest BCUT2D eigenvalue weighted by molar-refractivity contribution is 9.10. The second-order valence-corrected chi connectivity index (χ2v) is 6.17. The summed E-state index contributed by atoms with van der Waals surface area (Å²) in [5.41, 5.74) is 2.86. The molecule has 0 radical (unpaired) electrons. The van der Waals surface area contributed by atoms with Crippen LogP contribution in [0.5, 0.6) is 5.75 Å². The van der Waals surface area contributed by atoms with Crippen molar-refractivity contribution in [1.29, 1.82) is 0 Å². The number of carbonyl (C=O) groups excluding carboxylic acids is 2. The number of nitrogens with one attached hydrogen (secondary N) is 1. The summed E-state index contributed by atoms with van der Waals surface area (Å²) in [5, 5.41) is 2.63. The molecule has 0 atom stereocenters. The molecular formula is C18H18BrNO4. The van der Waals surface area contributed by atoms with Gasteiger partial charge in [0.15, 0.2) is 13.2 Å². The molecule has 0 bridgehead atoms. The van der Waals surface area contributed by atoms with Crippen molar-refractivity contribution in [2.75, 3.05) is 18.5 Å². The average Bonchev–Trinajstić information content (AvgIpc) is 2.56. The van der Waals surface area contributed by atoms with Crippen LogP contribution in [0.25, 0.3) is 0 Å². The lowest BCUT2D eigenvalue weighted by Crippen LogP contribution is -2.23. The van der Waals surface area contributed by atoms with E-state index in [1.807, 2.05) is 26.0 Å². The van der Waals surface area contributed by atoms with Gasteiger partial charge in [0.1, 0.15) is 5.75 Å². The largest absolute Gasteiger partial charge is 0.482 e. The van der Waals surface area contributed by atoms with Crippen molar-refractivity contribution >= 4 is 33.5 Å². The van der Waals surface area contributed by atoms with Gasteiger partial charge in [-0.3, -0.25) is 4.79 Å². The summed E-state index contributed by atoms with van der Waals surface area (Å²) < 4.78 is 11.2. The van der Waals surface area contributed by atoms with E-state index in [4.69, 9.17) is 9.47 Å². The number of carbonyl (C=O) groups is 2. The van der Waals surface area contributed by atoms with Gasteiger partial charge in [0.2, 0.25) is 0 Å². The summed E-state index contributed by atoms with van der Waals surface area (Å²) in [6, 6.07) is 12.7. The summed E-state index contributed by atoms with van der Waals surface area (Å²) in [6.07, 6.45) is 0. The molecule has 0 fully saturated rings. The van der Waals surface area contributed by atoms with Crippen LogP contribution in [0.2, 0.25) is 0 Å². The number of hydrogen-bond donors (Lipinski definition) is 1. The number of esters is 1. The number of rotatable bonds is 6. The number of ether oxygens (including phenoxy) is 2. The van der Waals surface area contributed by atoms with Crippen molar-refractivity contribution in [2.45, 2.75) is 13.8 Å². The van der Waals surface area contributed by atoms with E-state index in [1.165, 1.54) is 0 Å². The molecule has 0 aliphatic heterocycles. The Kier molecular flexibility index (Phi) is 6.37. The van der Waals surface area contributed by atoms with Crippen LogP contribution in [0.4, 0.5) is 5.69 Å². The highest BCUT2D eigenvalue weighted by Gasteiger charge is 2.09.